The molecule has 1 unspecified atom stereocenters. The Bertz CT molecular complexity index is 482. The fourth-order valence-electron chi connectivity index (χ4n) is 1.40. The average Bonchev–Trinajstić information content (AvgIpc) is 2.64. The van der Waals surface area contributed by atoms with E-state index in [0.29, 0.717) is 17.8 Å². The van der Waals surface area contributed by atoms with Crippen LogP contribution >= 0.6 is 0 Å². The first-order valence-electron chi connectivity index (χ1n) is 4.74. The first-order chi connectivity index (χ1) is 7.66. The van der Waals surface area contributed by atoms with E-state index >= 15 is 0 Å². The molecule has 2 N–H and O–H groups in total. The van der Waals surface area contributed by atoms with Crippen LogP contribution in [-0.2, 0) is 13.5 Å². The van der Waals surface area contributed by atoms with E-state index in [1.165, 1.54) is 11.0 Å². The highest BCUT2D eigenvalue weighted by atomic mass is 19.1. The molecule has 2 heterocycles. The first kappa shape index (κ1) is 10.6. The van der Waals surface area contributed by atoms with Gasteiger partial charge in [-0.05, 0) is 11.3 Å². The van der Waals surface area contributed by atoms with Gasteiger partial charge in [0, 0.05) is 24.2 Å². The Kier molecular flexibility index (Phi) is 2.86. The van der Waals surface area contributed by atoms with Crippen molar-refractivity contribution < 1.29 is 4.39 Å². The third-order valence-electron chi connectivity index (χ3n) is 2.16. The zero-order valence-electron chi connectivity index (χ0n) is 8.71. The van der Waals surface area contributed by atoms with Gasteiger partial charge in [-0.2, -0.15) is 4.80 Å². The number of halogens is 1. The smallest absolute Gasteiger partial charge is 0.176 e. The molecule has 0 aliphatic carbocycles. The first-order valence-corrected chi connectivity index (χ1v) is 4.74. The van der Waals surface area contributed by atoms with Gasteiger partial charge >= 0.3 is 0 Å². The number of pyridine rings is 1. The molecule has 2 aromatic rings. The minimum atomic E-state index is -0.493. The maximum absolute atomic E-state index is 13.3. The van der Waals surface area contributed by atoms with Crippen molar-refractivity contribution in [2.75, 3.05) is 0 Å². The molecule has 6 nitrogen and oxygen atoms in total. The summed E-state index contributed by atoms with van der Waals surface area (Å²) in [6.45, 7) is 0. The van der Waals surface area contributed by atoms with E-state index in [-0.39, 0.29) is 0 Å². The van der Waals surface area contributed by atoms with E-state index in [4.69, 9.17) is 5.73 Å². The van der Waals surface area contributed by atoms with Gasteiger partial charge < -0.3 is 5.73 Å². The van der Waals surface area contributed by atoms with Crippen LogP contribution in [0.15, 0.2) is 18.5 Å². The van der Waals surface area contributed by atoms with Crippen molar-refractivity contribution in [1.82, 2.24) is 25.2 Å². The maximum atomic E-state index is 13.3. The van der Waals surface area contributed by atoms with Crippen LogP contribution in [-0.4, -0.2) is 25.2 Å². The lowest BCUT2D eigenvalue weighted by Crippen LogP contribution is -2.16. The summed E-state index contributed by atoms with van der Waals surface area (Å²) in [7, 11) is 1.66. The second-order valence-corrected chi connectivity index (χ2v) is 3.40. The second kappa shape index (κ2) is 4.31. The number of tetrazole rings is 1. The van der Waals surface area contributed by atoms with Gasteiger partial charge in [0.2, 0.25) is 0 Å². The third-order valence-corrected chi connectivity index (χ3v) is 2.16. The van der Waals surface area contributed by atoms with Gasteiger partial charge in [0.05, 0.1) is 13.2 Å². The molecule has 0 saturated heterocycles. The van der Waals surface area contributed by atoms with Gasteiger partial charge in [0.15, 0.2) is 5.82 Å². The Morgan fingerprint density at radius 3 is 3.00 bits per heavy atom. The molecule has 0 bridgehead atoms. The quantitative estimate of drug-likeness (QED) is 0.789. The zero-order valence-corrected chi connectivity index (χ0v) is 8.71. The third kappa shape index (κ3) is 2.19. The summed E-state index contributed by atoms with van der Waals surface area (Å²) in [6, 6.07) is 1.06. The number of nitrogens with zero attached hydrogens (tertiary/aromatic N) is 5. The molecule has 0 spiro atoms. The lowest BCUT2D eigenvalue weighted by molar-refractivity contribution is 0.568. The van der Waals surface area contributed by atoms with Gasteiger partial charge in [-0.1, -0.05) is 0 Å². The molecule has 0 aliphatic rings. The minimum Gasteiger partial charge on any atom is -0.323 e. The molecule has 16 heavy (non-hydrogen) atoms. The highest BCUT2D eigenvalue weighted by Gasteiger charge is 2.14. The highest BCUT2D eigenvalue weighted by molar-refractivity contribution is 5.17. The Labute approximate surface area is 91.3 Å². The second-order valence-electron chi connectivity index (χ2n) is 3.40. The van der Waals surface area contributed by atoms with Gasteiger partial charge in [0.25, 0.3) is 0 Å². The van der Waals surface area contributed by atoms with Crippen LogP contribution in [0.25, 0.3) is 0 Å². The van der Waals surface area contributed by atoms with E-state index in [0.717, 1.165) is 6.20 Å². The summed E-state index contributed by atoms with van der Waals surface area (Å²) in [6.07, 6.45) is 2.98. The van der Waals surface area contributed by atoms with Crippen molar-refractivity contribution in [3.63, 3.8) is 0 Å². The summed E-state index contributed by atoms with van der Waals surface area (Å²) < 4.78 is 13.3. The fraction of sp³-hybridized carbons (Fsp3) is 0.333. The van der Waals surface area contributed by atoms with Crippen LogP contribution < -0.4 is 5.73 Å². The number of rotatable bonds is 3. The Morgan fingerprint density at radius 2 is 2.38 bits per heavy atom. The molecule has 0 radical (unpaired) electrons. The van der Waals surface area contributed by atoms with Crippen molar-refractivity contribution in [2.45, 2.75) is 12.5 Å². The lowest BCUT2D eigenvalue weighted by Gasteiger charge is -2.09. The molecule has 0 saturated carbocycles. The SMILES string of the molecule is Cn1nnc(CC(N)c2ccncc2F)n1. The van der Waals surface area contributed by atoms with Gasteiger partial charge in [-0.15, -0.1) is 10.2 Å². The molecule has 2 rings (SSSR count). The van der Waals surface area contributed by atoms with E-state index in [1.807, 2.05) is 0 Å². The predicted molar refractivity (Wildman–Crippen MR) is 53.6 cm³/mol. The van der Waals surface area contributed by atoms with E-state index in [2.05, 4.69) is 20.4 Å². The van der Waals surface area contributed by atoms with E-state index < -0.39 is 11.9 Å². The van der Waals surface area contributed by atoms with Gasteiger partial charge in [0.1, 0.15) is 5.82 Å². The molecule has 0 fully saturated rings. The molecule has 2 aromatic heterocycles. The summed E-state index contributed by atoms with van der Waals surface area (Å²) in [4.78, 5) is 5.00. The fourth-order valence-corrected chi connectivity index (χ4v) is 1.40. The number of aromatic nitrogens is 5. The van der Waals surface area contributed by atoms with Crippen molar-refractivity contribution >= 4 is 0 Å². The molecular formula is C9H11FN6. The average molecular weight is 222 g/mol. The van der Waals surface area contributed by atoms with E-state index in [1.54, 1.807) is 13.1 Å². The summed E-state index contributed by atoms with van der Waals surface area (Å²) in [5, 5.41) is 11.5. The summed E-state index contributed by atoms with van der Waals surface area (Å²) in [5.74, 6) is 0.0742. The molecule has 1 atom stereocenters. The van der Waals surface area contributed by atoms with Crippen molar-refractivity contribution in [3.05, 3.63) is 35.7 Å². The number of aryl methyl sites for hydroxylation is 1. The number of hydrogen-bond donors (Lipinski definition) is 1. The van der Waals surface area contributed by atoms with Crippen LogP contribution in [0, 0.1) is 5.82 Å². The topological polar surface area (TPSA) is 82.5 Å². The molecule has 0 amide bonds. The molecule has 7 heteroatoms. The molecule has 0 aromatic carbocycles. The Hall–Kier alpha value is -1.89. The van der Waals surface area contributed by atoms with Crippen LogP contribution in [0.2, 0.25) is 0 Å². The van der Waals surface area contributed by atoms with Crippen LogP contribution in [0.5, 0.6) is 0 Å². The van der Waals surface area contributed by atoms with Crippen molar-refractivity contribution in [1.29, 1.82) is 0 Å². The van der Waals surface area contributed by atoms with Crippen molar-refractivity contribution in [2.24, 2.45) is 12.8 Å². The van der Waals surface area contributed by atoms with Gasteiger partial charge in [-0.25, -0.2) is 4.39 Å². The minimum absolute atomic E-state index is 0.342. The van der Waals surface area contributed by atoms with Crippen LogP contribution in [0.3, 0.4) is 0 Å². The normalized spacial score (nSPS) is 12.7. The number of nitrogens with two attached hydrogens (primary N) is 1. The maximum Gasteiger partial charge on any atom is 0.176 e. The molecule has 84 valence electrons. The highest BCUT2D eigenvalue weighted by Crippen LogP contribution is 2.15. The van der Waals surface area contributed by atoms with Crippen molar-refractivity contribution in [3.8, 4) is 0 Å². The largest absolute Gasteiger partial charge is 0.323 e. The van der Waals surface area contributed by atoms with Crippen LogP contribution in [0.4, 0.5) is 4.39 Å². The zero-order chi connectivity index (χ0) is 11.5. The Balaban J connectivity index is 2.14. The van der Waals surface area contributed by atoms with Crippen LogP contribution in [0.1, 0.15) is 17.4 Å². The summed E-state index contributed by atoms with van der Waals surface area (Å²) in [5.41, 5.74) is 6.26. The van der Waals surface area contributed by atoms with E-state index in [9.17, 15) is 4.39 Å². The van der Waals surface area contributed by atoms with Gasteiger partial charge in [-0.3, -0.25) is 4.98 Å². The molecular weight excluding hydrogens is 211 g/mol. The summed E-state index contributed by atoms with van der Waals surface area (Å²) >= 11 is 0. The predicted octanol–water partition coefficient (Wildman–Crippen LogP) is -0.0133. The monoisotopic (exact) mass is 222 g/mol. The Morgan fingerprint density at radius 1 is 1.56 bits per heavy atom. The lowest BCUT2D eigenvalue weighted by atomic mass is 10.1. The standard InChI is InChI=1S/C9H11FN6/c1-16-14-9(13-15-16)4-8(11)6-2-3-12-5-7(6)10/h2-3,5,8H,4,11H2,1H3. The molecule has 0 aliphatic heterocycles. The number of hydrogen-bond acceptors (Lipinski definition) is 5.